The Hall–Kier alpha value is -6.64. The maximum Gasteiger partial charge on any atom is 0.135 e. The normalized spacial score (nSPS) is 11.6. The lowest BCUT2D eigenvalue weighted by molar-refractivity contribution is 0.669. The molecule has 10 rings (SSSR count). The monoisotopic (exact) mass is 637 g/mol. The Labute approximate surface area is 290 Å². The highest BCUT2D eigenvalue weighted by Gasteiger charge is 2.21. The summed E-state index contributed by atoms with van der Waals surface area (Å²) in [7, 11) is 0. The summed E-state index contributed by atoms with van der Waals surface area (Å²) in [6, 6.07) is 67.7. The fourth-order valence-electron chi connectivity index (χ4n) is 7.74. The molecule has 0 saturated heterocycles. The van der Waals surface area contributed by atoms with Crippen LogP contribution >= 0.6 is 0 Å². The van der Waals surface area contributed by atoms with Gasteiger partial charge in [-0.25, -0.2) is 0 Å². The molecule has 0 fully saturated rings. The maximum atomic E-state index is 6.26. The molecule has 0 unspecified atom stereocenters. The van der Waals surface area contributed by atoms with Gasteiger partial charge in [0.05, 0.1) is 0 Å². The number of anilines is 3. The van der Waals surface area contributed by atoms with E-state index in [2.05, 4.69) is 181 Å². The van der Waals surface area contributed by atoms with Crippen LogP contribution in [0.5, 0.6) is 0 Å². The zero-order chi connectivity index (χ0) is 33.0. The van der Waals surface area contributed by atoms with E-state index in [4.69, 9.17) is 4.42 Å². The molecule has 0 N–H and O–H groups in total. The molecule has 1 heterocycles. The number of furan rings is 1. The Morgan fingerprint density at radius 2 is 0.800 bits per heavy atom. The zero-order valence-corrected chi connectivity index (χ0v) is 27.3. The molecular formula is C48H31NO. The van der Waals surface area contributed by atoms with Crippen molar-refractivity contribution in [2.75, 3.05) is 4.90 Å². The molecule has 1 aromatic heterocycles. The number of hydrogen-bond acceptors (Lipinski definition) is 2. The van der Waals surface area contributed by atoms with E-state index >= 15 is 0 Å². The molecule has 10 aromatic rings. The number of hydrogen-bond donors (Lipinski definition) is 0. The smallest absolute Gasteiger partial charge is 0.135 e. The molecule has 2 heteroatoms. The number of para-hydroxylation sites is 1. The first-order chi connectivity index (χ1) is 24.8. The van der Waals surface area contributed by atoms with Crippen LogP contribution in [0.3, 0.4) is 0 Å². The predicted octanol–water partition coefficient (Wildman–Crippen LogP) is 13.8. The molecule has 234 valence electrons. The fourth-order valence-corrected chi connectivity index (χ4v) is 7.74. The van der Waals surface area contributed by atoms with Gasteiger partial charge in [0.2, 0.25) is 0 Å². The van der Waals surface area contributed by atoms with Gasteiger partial charge in [-0.3, -0.25) is 0 Å². The third-order valence-corrected chi connectivity index (χ3v) is 10.0. The largest absolute Gasteiger partial charge is 0.456 e. The molecular weight excluding hydrogens is 607 g/mol. The van der Waals surface area contributed by atoms with Crippen molar-refractivity contribution in [1.82, 2.24) is 0 Å². The van der Waals surface area contributed by atoms with Gasteiger partial charge in [-0.05, 0) is 103 Å². The number of nitrogens with zero attached hydrogens (tertiary/aromatic N) is 1. The molecule has 2 nitrogen and oxygen atoms in total. The molecule has 0 aliphatic rings. The second-order valence-electron chi connectivity index (χ2n) is 12.9. The summed E-state index contributed by atoms with van der Waals surface area (Å²) < 4.78 is 6.26. The van der Waals surface area contributed by atoms with E-state index in [-0.39, 0.29) is 0 Å². The van der Waals surface area contributed by atoms with Crippen LogP contribution in [0, 0.1) is 0 Å². The van der Waals surface area contributed by atoms with Crippen LogP contribution in [0.15, 0.2) is 192 Å². The van der Waals surface area contributed by atoms with Crippen LogP contribution in [-0.4, -0.2) is 0 Å². The predicted molar refractivity (Wildman–Crippen MR) is 212 cm³/mol. The lowest BCUT2D eigenvalue weighted by Gasteiger charge is -2.27. The van der Waals surface area contributed by atoms with Gasteiger partial charge in [0.15, 0.2) is 0 Å². The van der Waals surface area contributed by atoms with Crippen molar-refractivity contribution in [3.05, 3.63) is 188 Å². The van der Waals surface area contributed by atoms with Gasteiger partial charge in [0.25, 0.3) is 0 Å². The van der Waals surface area contributed by atoms with E-state index < -0.39 is 0 Å². The number of benzene rings is 9. The number of fused-ring (bicyclic) bond motifs is 7. The van der Waals surface area contributed by atoms with Gasteiger partial charge >= 0.3 is 0 Å². The standard InChI is InChI=1S/C48H31NO/c1-3-14-33(15-4-1)47-42-21-10-9-19-39(42)40-27-25-37(31-44(40)48(47)34-16-5-2-6-17-34)49(36-24-23-32-13-7-8-18-35(32)29-36)38-26-28-46-43(30-38)41-20-11-12-22-45(41)50-46/h1-31H. The first-order valence-electron chi connectivity index (χ1n) is 17.1. The van der Waals surface area contributed by atoms with E-state index in [0.29, 0.717) is 0 Å². The van der Waals surface area contributed by atoms with Crippen molar-refractivity contribution < 1.29 is 4.42 Å². The van der Waals surface area contributed by atoms with Crippen LogP contribution in [0.4, 0.5) is 17.1 Å². The average molecular weight is 638 g/mol. The highest BCUT2D eigenvalue weighted by atomic mass is 16.3. The lowest BCUT2D eigenvalue weighted by Crippen LogP contribution is -2.10. The second kappa shape index (κ2) is 11.5. The van der Waals surface area contributed by atoms with Crippen LogP contribution < -0.4 is 4.90 Å². The van der Waals surface area contributed by atoms with E-state index in [1.165, 1.54) is 54.6 Å². The molecule has 0 atom stereocenters. The Morgan fingerprint density at radius 1 is 0.300 bits per heavy atom. The Bertz CT molecular complexity index is 2870. The third-order valence-electron chi connectivity index (χ3n) is 10.0. The van der Waals surface area contributed by atoms with Gasteiger partial charge in [0, 0.05) is 27.8 Å². The molecule has 50 heavy (non-hydrogen) atoms. The van der Waals surface area contributed by atoms with E-state index in [1.807, 2.05) is 12.1 Å². The Kier molecular flexibility index (Phi) is 6.53. The third kappa shape index (κ3) is 4.57. The molecule has 0 bridgehead atoms. The summed E-state index contributed by atoms with van der Waals surface area (Å²) in [5.41, 5.74) is 9.94. The summed E-state index contributed by atoms with van der Waals surface area (Å²) in [5, 5.41) is 9.59. The minimum absolute atomic E-state index is 0.886. The van der Waals surface area contributed by atoms with E-state index in [1.54, 1.807) is 0 Å². The topological polar surface area (TPSA) is 16.4 Å². The van der Waals surface area contributed by atoms with Crippen LogP contribution in [-0.2, 0) is 0 Å². The van der Waals surface area contributed by atoms with Gasteiger partial charge in [-0.15, -0.1) is 0 Å². The molecule has 0 saturated carbocycles. The summed E-state index contributed by atoms with van der Waals surface area (Å²) in [6.45, 7) is 0. The fraction of sp³-hybridized carbons (Fsp3) is 0. The van der Waals surface area contributed by atoms with Crippen molar-refractivity contribution >= 4 is 71.3 Å². The summed E-state index contributed by atoms with van der Waals surface area (Å²) in [5.74, 6) is 0. The first kappa shape index (κ1) is 28.4. The quantitative estimate of drug-likeness (QED) is 0.175. The van der Waals surface area contributed by atoms with Gasteiger partial charge in [-0.2, -0.15) is 0 Å². The van der Waals surface area contributed by atoms with Gasteiger partial charge in [-0.1, -0.05) is 140 Å². The molecule has 0 aliphatic heterocycles. The zero-order valence-electron chi connectivity index (χ0n) is 27.3. The summed E-state index contributed by atoms with van der Waals surface area (Å²) >= 11 is 0. The van der Waals surface area contributed by atoms with Crippen molar-refractivity contribution in [2.45, 2.75) is 0 Å². The van der Waals surface area contributed by atoms with Crippen molar-refractivity contribution in [3.63, 3.8) is 0 Å². The van der Waals surface area contributed by atoms with Crippen LogP contribution in [0.25, 0.3) is 76.5 Å². The molecule has 0 amide bonds. The minimum atomic E-state index is 0.886. The SMILES string of the molecule is c1ccc(-c2c(-c3ccccc3)c3cc(N(c4ccc5ccccc5c4)c4ccc5oc6ccccc6c5c4)ccc3c3ccccc23)cc1. The molecule has 0 aliphatic carbocycles. The van der Waals surface area contributed by atoms with Crippen LogP contribution in [0.1, 0.15) is 0 Å². The average Bonchev–Trinajstić information content (AvgIpc) is 3.56. The molecule has 0 radical (unpaired) electrons. The number of rotatable bonds is 5. The lowest BCUT2D eigenvalue weighted by atomic mass is 9.85. The highest BCUT2D eigenvalue weighted by molar-refractivity contribution is 6.22. The Balaban J connectivity index is 1.30. The summed E-state index contributed by atoms with van der Waals surface area (Å²) in [4.78, 5) is 2.39. The first-order valence-corrected chi connectivity index (χ1v) is 17.1. The van der Waals surface area contributed by atoms with E-state index in [9.17, 15) is 0 Å². The van der Waals surface area contributed by atoms with Crippen molar-refractivity contribution in [3.8, 4) is 22.3 Å². The van der Waals surface area contributed by atoms with Crippen LogP contribution in [0.2, 0.25) is 0 Å². The van der Waals surface area contributed by atoms with Gasteiger partial charge in [0.1, 0.15) is 11.2 Å². The maximum absolute atomic E-state index is 6.26. The molecule has 0 spiro atoms. The van der Waals surface area contributed by atoms with Gasteiger partial charge < -0.3 is 9.32 Å². The minimum Gasteiger partial charge on any atom is -0.456 e. The Morgan fingerprint density at radius 3 is 1.56 bits per heavy atom. The summed E-state index contributed by atoms with van der Waals surface area (Å²) in [6.07, 6.45) is 0. The highest BCUT2D eigenvalue weighted by Crippen LogP contribution is 2.47. The second-order valence-corrected chi connectivity index (χ2v) is 12.9. The van der Waals surface area contributed by atoms with Crippen molar-refractivity contribution in [1.29, 1.82) is 0 Å². The van der Waals surface area contributed by atoms with Crippen molar-refractivity contribution in [2.24, 2.45) is 0 Å². The molecule has 9 aromatic carbocycles. The van der Waals surface area contributed by atoms with E-state index in [0.717, 1.165) is 39.0 Å².